The number of fused-ring (bicyclic) bond motifs is 2. The topological polar surface area (TPSA) is 90.3 Å². The van der Waals surface area contributed by atoms with E-state index in [-0.39, 0.29) is 42.6 Å². The van der Waals surface area contributed by atoms with Crippen LogP contribution in [0.2, 0.25) is 0 Å². The zero-order valence-electron chi connectivity index (χ0n) is 29.9. The van der Waals surface area contributed by atoms with Gasteiger partial charge in [0, 0.05) is 31.1 Å². The molecular weight excluding hydrogens is 588 g/mol. The summed E-state index contributed by atoms with van der Waals surface area (Å²) in [6.07, 6.45) is 18.0. The van der Waals surface area contributed by atoms with Gasteiger partial charge < -0.3 is 19.7 Å². The number of likely N-dealkylation sites (tertiary alicyclic amines) is 1. The van der Waals surface area contributed by atoms with Gasteiger partial charge in [-0.25, -0.2) is 0 Å². The molecule has 4 bridgehead atoms. The summed E-state index contributed by atoms with van der Waals surface area (Å²) in [4.78, 5) is 32.9. The summed E-state index contributed by atoms with van der Waals surface area (Å²) in [5.74, 6) is 1.56. The van der Waals surface area contributed by atoms with Crippen molar-refractivity contribution in [2.45, 2.75) is 129 Å². The summed E-state index contributed by atoms with van der Waals surface area (Å²) in [6, 6.07) is 0.280. The Labute approximate surface area is 284 Å². The predicted octanol–water partition coefficient (Wildman–Crippen LogP) is 6.43. The van der Waals surface area contributed by atoms with E-state index in [1.54, 1.807) is 0 Å². The molecule has 4 unspecified atom stereocenters. The largest absolute Gasteiger partial charge is 0.481 e. The first-order valence-corrected chi connectivity index (χ1v) is 19.8. The molecule has 264 valence electrons. The van der Waals surface area contributed by atoms with Crippen molar-refractivity contribution >= 4 is 12.3 Å². The fourth-order valence-electron chi connectivity index (χ4n) is 13.7. The first kappa shape index (κ1) is 34.2. The zero-order chi connectivity index (χ0) is 33.1. The van der Waals surface area contributed by atoms with Gasteiger partial charge in [-0.3, -0.25) is 14.6 Å². The molecule has 0 aromatic carbocycles. The molecule has 0 spiro atoms. The average molecular weight is 653 g/mol. The lowest BCUT2D eigenvalue weighted by atomic mass is 9.41. The van der Waals surface area contributed by atoms with Gasteiger partial charge in [0.1, 0.15) is 11.7 Å². The molecule has 2 heterocycles. The third-order valence-electron chi connectivity index (χ3n) is 15.7. The fraction of sp³-hybridized carbons (Fsp3) is 0.900. The standard InChI is InChI=1S/C40H64N2O5/c1-5-41(17-18-42-16-10-9-13-30(42)24-43)23-35-31(28-11-7-6-8-12-28)20-36(47-35)39-22-32-27(4)14-15-33(32)38(25-44)21-29(39)19-34(26(2)3)40(38,39)37(45)46/h19,25-33,35-36,43H,5-18,20-24H2,1-4H3,(H,45,46)/t27-,29?,30?,31+,32-,33-,35+,36-,38?,39?,40+/m1/s1. The summed E-state index contributed by atoms with van der Waals surface area (Å²) in [5.41, 5.74) is -1.52. The lowest BCUT2D eigenvalue weighted by Crippen LogP contribution is -2.65. The van der Waals surface area contributed by atoms with Gasteiger partial charge in [-0.2, -0.15) is 0 Å². The Hall–Kier alpha value is -1.28. The highest BCUT2D eigenvalue weighted by Gasteiger charge is 2.86. The molecule has 6 fully saturated rings. The molecule has 7 rings (SSSR count). The number of aliphatic carboxylic acids is 1. The maximum absolute atomic E-state index is 14.2. The van der Waals surface area contributed by atoms with E-state index >= 15 is 0 Å². The van der Waals surface area contributed by atoms with Crippen LogP contribution < -0.4 is 0 Å². The molecule has 47 heavy (non-hydrogen) atoms. The van der Waals surface area contributed by atoms with E-state index in [9.17, 15) is 19.8 Å². The Morgan fingerprint density at radius 1 is 1.09 bits per heavy atom. The molecule has 0 aromatic heterocycles. The van der Waals surface area contributed by atoms with E-state index in [2.05, 4.69) is 43.6 Å². The van der Waals surface area contributed by atoms with Gasteiger partial charge in [0.05, 0.1) is 24.2 Å². The maximum atomic E-state index is 14.2. The number of aldehydes is 1. The highest BCUT2D eigenvalue weighted by molar-refractivity contribution is 5.90. The Bertz CT molecular complexity index is 1200. The zero-order valence-corrected chi connectivity index (χ0v) is 29.9. The lowest BCUT2D eigenvalue weighted by Gasteiger charge is -2.60. The molecule has 11 atom stereocenters. The number of carboxylic acid groups (broad SMARTS) is 1. The number of nitrogens with zero attached hydrogens (tertiary/aromatic N) is 2. The van der Waals surface area contributed by atoms with Crippen LogP contribution >= 0.6 is 0 Å². The van der Waals surface area contributed by atoms with E-state index < -0.39 is 22.2 Å². The van der Waals surface area contributed by atoms with Crippen LogP contribution in [0.15, 0.2) is 11.6 Å². The third kappa shape index (κ3) is 4.93. The van der Waals surface area contributed by atoms with Crippen molar-refractivity contribution in [2.75, 3.05) is 39.3 Å². The second-order valence-electron chi connectivity index (χ2n) is 17.6. The molecule has 2 saturated heterocycles. The number of carboxylic acids is 1. The number of allylic oxidation sites excluding steroid dienone is 1. The number of carbonyl (C=O) groups excluding carboxylic acids is 1. The summed E-state index contributed by atoms with van der Waals surface area (Å²) < 4.78 is 7.50. The highest BCUT2D eigenvalue weighted by Crippen LogP contribution is 2.84. The summed E-state index contributed by atoms with van der Waals surface area (Å²) in [7, 11) is 0. The molecule has 5 aliphatic carbocycles. The Morgan fingerprint density at radius 3 is 2.53 bits per heavy atom. The normalized spacial score (nSPS) is 45.1. The van der Waals surface area contributed by atoms with E-state index in [0.29, 0.717) is 30.1 Å². The van der Waals surface area contributed by atoms with Crippen molar-refractivity contribution < 1.29 is 24.5 Å². The number of rotatable bonds is 12. The monoisotopic (exact) mass is 652 g/mol. The first-order valence-electron chi connectivity index (χ1n) is 19.8. The van der Waals surface area contributed by atoms with Crippen LogP contribution in [0.25, 0.3) is 0 Å². The van der Waals surface area contributed by atoms with Crippen LogP contribution in [-0.4, -0.2) is 89.8 Å². The molecular formula is C40H64N2O5. The molecule has 0 amide bonds. The Kier molecular flexibility index (Phi) is 9.54. The van der Waals surface area contributed by atoms with Crippen LogP contribution in [0.1, 0.15) is 111 Å². The van der Waals surface area contributed by atoms with E-state index in [4.69, 9.17) is 4.74 Å². The van der Waals surface area contributed by atoms with Gasteiger partial charge >= 0.3 is 5.97 Å². The number of likely N-dealkylation sites (N-methyl/N-ethyl adjacent to an activating group) is 1. The predicted molar refractivity (Wildman–Crippen MR) is 184 cm³/mol. The maximum Gasteiger partial charge on any atom is 0.315 e. The molecule has 2 aliphatic heterocycles. The van der Waals surface area contributed by atoms with Crippen molar-refractivity contribution in [2.24, 2.45) is 57.7 Å². The Balaban J connectivity index is 1.23. The second kappa shape index (κ2) is 13.1. The SMILES string of the molecule is CCN(CCN1CCCCC1CO)C[C@@H]1O[C@@H](C23C[C@@H]4[C@H](C)CC[C@H]4C4(C=O)CC2C=C(C(C)C)[C@]43C(=O)O)C[C@H]1C1CCCCC1. The van der Waals surface area contributed by atoms with Crippen molar-refractivity contribution in [3.05, 3.63) is 11.6 Å². The van der Waals surface area contributed by atoms with Gasteiger partial charge in [-0.05, 0) is 93.0 Å². The number of aliphatic hydroxyl groups excluding tert-OH is 1. The molecule has 7 nitrogen and oxygen atoms in total. The second-order valence-corrected chi connectivity index (χ2v) is 17.6. The fourth-order valence-corrected chi connectivity index (χ4v) is 13.7. The molecule has 2 N–H and O–H groups in total. The summed E-state index contributed by atoms with van der Waals surface area (Å²) in [6.45, 7) is 14.0. The van der Waals surface area contributed by atoms with Crippen LogP contribution in [-0.2, 0) is 14.3 Å². The molecule has 0 radical (unpaired) electrons. The van der Waals surface area contributed by atoms with Crippen molar-refractivity contribution in [1.29, 1.82) is 0 Å². The van der Waals surface area contributed by atoms with Crippen molar-refractivity contribution in [3.63, 3.8) is 0 Å². The van der Waals surface area contributed by atoms with Gasteiger partial charge in [-0.15, -0.1) is 0 Å². The molecule has 4 saturated carbocycles. The number of hydrogen-bond donors (Lipinski definition) is 2. The number of carbonyl (C=O) groups is 2. The number of ether oxygens (including phenoxy) is 1. The highest BCUT2D eigenvalue weighted by atomic mass is 16.5. The third-order valence-corrected chi connectivity index (χ3v) is 15.7. The van der Waals surface area contributed by atoms with Gasteiger partial charge in [0.25, 0.3) is 0 Å². The minimum atomic E-state index is -1.17. The molecule has 7 heteroatoms. The summed E-state index contributed by atoms with van der Waals surface area (Å²) in [5, 5.41) is 21.7. The van der Waals surface area contributed by atoms with E-state index in [1.165, 1.54) is 51.2 Å². The van der Waals surface area contributed by atoms with Crippen LogP contribution in [0.4, 0.5) is 0 Å². The van der Waals surface area contributed by atoms with Crippen LogP contribution in [0.3, 0.4) is 0 Å². The number of hydrogen-bond acceptors (Lipinski definition) is 6. The van der Waals surface area contributed by atoms with Gasteiger partial charge in [0.2, 0.25) is 0 Å². The van der Waals surface area contributed by atoms with E-state index in [0.717, 1.165) is 70.4 Å². The first-order chi connectivity index (χ1) is 22.7. The molecule has 7 aliphatic rings. The smallest absolute Gasteiger partial charge is 0.315 e. The van der Waals surface area contributed by atoms with Gasteiger partial charge in [0.15, 0.2) is 0 Å². The van der Waals surface area contributed by atoms with Gasteiger partial charge in [-0.1, -0.05) is 84.3 Å². The number of piperidine rings is 1. The lowest BCUT2D eigenvalue weighted by molar-refractivity contribution is -0.197. The van der Waals surface area contributed by atoms with E-state index in [1.807, 2.05) is 0 Å². The number of aliphatic hydroxyl groups is 1. The Morgan fingerprint density at radius 2 is 1.85 bits per heavy atom. The average Bonchev–Trinajstić information content (AvgIpc) is 3.80. The minimum Gasteiger partial charge on any atom is -0.481 e. The van der Waals surface area contributed by atoms with Crippen LogP contribution in [0, 0.1) is 57.7 Å². The summed E-state index contributed by atoms with van der Waals surface area (Å²) >= 11 is 0. The van der Waals surface area contributed by atoms with Crippen molar-refractivity contribution in [1.82, 2.24) is 9.80 Å². The van der Waals surface area contributed by atoms with Crippen molar-refractivity contribution in [3.8, 4) is 0 Å². The quantitative estimate of drug-likeness (QED) is 0.185. The molecule has 0 aromatic rings. The van der Waals surface area contributed by atoms with Crippen LogP contribution in [0.5, 0.6) is 0 Å². The minimum absolute atomic E-state index is 0.0879.